The first-order valence-electron chi connectivity index (χ1n) is 10.3. The van der Waals surface area contributed by atoms with Crippen LogP contribution in [0, 0.1) is 5.82 Å². The van der Waals surface area contributed by atoms with Crippen LogP contribution in [0.5, 0.6) is 11.5 Å². The van der Waals surface area contributed by atoms with Crippen LogP contribution >= 0.6 is 11.3 Å². The second-order valence-corrected chi connectivity index (χ2v) is 8.07. The van der Waals surface area contributed by atoms with Crippen molar-refractivity contribution < 1.29 is 23.5 Å². The Morgan fingerprint density at radius 3 is 2.73 bits per heavy atom. The third kappa shape index (κ3) is 5.04. The molecule has 2 amide bonds. The fourth-order valence-corrected chi connectivity index (χ4v) is 4.21. The van der Waals surface area contributed by atoms with Crippen LogP contribution < -0.4 is 14.4 Å². The minimum absolute atomic E-state index is 0.131. The summed E-state index contributed by atoms with van der Waals surface area (Å²) in [6.45, 7) is 4.39. The fourth-order valence-electron chi connectivity index (χ4n) is 3.36. The van der Waals surface area contributed by atoms with Gasteiger partial charge in [-0.1, -0.05) is 18.2 Å². The van der Waals surface area contributed by atoms with E-state index in [0.29, 0.717) is 35.4 Å². The van der Waals surface area contributed by atoms with Crippen molar-refractivity contribution in [1.82, 2.24) is 9.88 Å². The van der Waals surface area contributed by atoms with E-state index >= 15 is 0 Å². The third-order valence-electron chi connectivity index (χ3n) is 5.01. The molecule has 0 atom stereocenters. The number of halogens is 1. The first kappa shape index (κ1) is 22.5. The van der Waals surface area contributed by atoms with Crippen LogP contribution in [-0.2, 0) is 16.1 Å². The number of nitrogens with zero attached hydrogens (tertiary/aromatic N) is 3. The molecule has 0 N–H and O–H groups in total. The van der Waals surface area contributed by atoms with Crippen molar-refractivity contribution in [2.24, 2.45) is 0 Å². The van der Waals surface area contributed by atoms with Gasteiger partial charge in [0.05, 0.1) is 11.4 Å². The molecule has 0 saturated carbocycles. The number of para-hydroxylation sites is 1. The topological polar surface area (TPSA) is 72.0 Å². The van der Waals surface area contributed by atoms with E-state index in [4.69, 9.17) is 9.47 Å². The molecule has 0 unspecified atom stereocenters. The average molecular weight is 468 g/mol. The maximum atomic E-state index is 14.2. The highest BCUT2D eigenvalue weighted by molar-refractivity contribution is 7.14. The van der Waals surface area contributed by atoms with Gasteiger partial charge in [0.15, 0.2) is 16.6 Å². The number of carbonyl (C=O) groups excluding carboxylic acids is 2. The van der Waals surface area contributed by atoms with E-state index in [9.17, 15) is 14.0 Å². The van der Waals surface area contributed by atoms with Gasteiger partial charge < -0.3 is 14.4 Å². The summed E-state index contributed by atoms with van der Waals surface area (Å²) >= 11 is 1.19. The van der Waals surface area contributed by atoms with Crippen molar-refractivity contribution in [3.05, 3.63) is 71.0 Å². The molecule has 0 saturated heterocycles. The van der Waals surface area contributed by atoms with Gasteiger partial charge in [0.25, 0.3) is 0 Å². The normalized spacial score (nSPS) is 12.2. The number of anilines is 2. The standard InChI is InChI=1S/C24H22FN3O4S/c1-3-27(13-17-8-10-21-22(12-17)32-15-31-21)23(30)11-9-18-14-33-24(26-18)28(16(2)29)20-7-5-4-6-19(20)25/h4-12,14H,3,13,15H2,1-2H3/b11-9+. The summed E-state index contributed by atoms with van der Waals surface area (Å²) in [7, 11) is 0. The Kier molecular flexibility index (Phi) is 6.69. The van der Waals surface area contributed by atoms with Gasteiger partial charge >= 0.3 is 0 Å². The second kappa shape index (κ2) is 9.83. The minimum Gasteiger partial charge on any atom is -0.454 e. The van der Waals surface area contributed by atoms with E-state index in [1.165, 1.54) is 41.4 Å². The lowest BCUT2D eigenvalue weighted by Gasteiger charge is -2.19. The predicted molar refractivity (Wildman–Crippen MR) is 124 cm³/mol. The molecule has 1 aliphatic heterocycles. The first-order valence-corrected chi connectivity index (χ1v) is 11.2. The van der Waals surface area contributed by atoms with Gasteiger partial charge in [-0.3, -0.25) is 14.5 Å². The summed E-state index contributed by atoms with van der Waals surface area (Å²) in [5, 5.41) is 2.04. The molecule has 0 aliphatic carbocycles. The minimum atomic E-state index is -0.516. The fraction of sp³-hybridized carbons (Fsp3) is 0.208. The third-order valence-corrected chi connectivity index (χ3v) is 5.85. The molecular weight excluding hydrogens is 445 g/mol. The van der Waals surface area contributed by atoms with Crippen molar-refractivity contribution in [2.45, 2.75) is 20.4 Å². The number of likely N-dealkylation sites (N-methyl/N-ethyl adjacent to an activating group) is 1. The van der Waals surface area contributed by atoms with Crippen LogP contribution in [0.2, 0.25) is 0 Å². The molecule has 2 heterocycles. The number of carbonyl (C=O) groups is 2. The molecule has 3 aromatic rings. The zero-order chi connectivity index (χ0) is 23.4. The second-order valence-electron chi connectivity index (χ2n) is 7.23. The molecule has 0 fully saturated rings. The zero-order valence-corrected chi connectivity index (χ0v) is 19.0. The van der Waals surface area contributed by atoms with E-state index in [1.54, 1.807) is 28.5 Å². The average Bonchev–Trinajstić information content (AvgIpc) is 3.46. The predicted octanol–water partition coefficient (Wildman–Crippen LogP) is 4.76. The van der Waals surface area contributed by atoms with Gasteiger partial charge in [-0.05, 0) is 42.8 Å². The Morgan fingerprint density at radius 2 is 1.97 bits per heavy atom. The Balaban J connectivity index is 1.46. The van der Waals surface area contributed by atoms with Gasteiger partial charge in [0.1, 0.15) is 5.82 Å². The lowest BCUT2D eigenvalue weighted by atomic mass is 10.2. The molecule has 9 heteroatoms. The molecular formula is C24H22FN3O4S. The summed E-state index contributed by atoms with van der Waals surface area (Å²) in [6, 6.07) is 11.6. The van der Waals surface area contributed by atoms with Crippen LogP contribution in [0.3, 0.4) is 0 Å². The Hall–Kier alpha value is -3.72. The Labute approximate surface area is 194 Å². The van der Waals surface area contributed by atoms with Gasteiger partial charge in [-0.15, -0.1) is 11.3 Å². The number of benzene rings is 2. The molecule has 0 bridgehead atoms. The van der Waals surface area contributed by atoms with Gasteiger partial charge in [0.2, 0.25) is 18.6 Å². The van der Waals surface area contributed by atoms with E-state index < -0.39 is 5.82 Å². The van der Waals surface area contributed by atoms with Crippen molar-refractivity contribution >= 4 is 40.0 Å². The summed E-state index contributed by atoms with van der Waals surface area (Å²) in [5.41, 5.74) is 1.57. The lowest BCUT2D eigenvalue weighted by molar-refractivity contribution is -0.126. The van der Waals surface area contributed by atoms with Crippen LogP contribution in [0.25, 0.3) is 6.08 Å². The highest BCUT2D eigenvalue weighted by atomic mass is 32.1. The number of aromatic nitrogens is 1. The number of ether oxygens (including phenoxy) is 2. The maximum absolute atomic E-state index is 14.2. The monoisotopic (exact) mass is 467 g/mol. The van der Waals surface area contributed by atoms with Gasteiger partial charge in [0, 0.05) is 31.5 Å². The number of hydrogen-bond acceptors (Lipinski definition) is 6. The largest absolute Gasteiger partial charge is 0.454 e. The molecule has 1 aliphatic rings. The molecule has 170 valence electrons. The Morgan fingerprint density at radius 1 is 1.18 bits per heavy atom. The number of amides is 2. The van der Waals surface area contributed by atoms with E-state index in [0.717, 1.165) is 5.56 Å². The first-order chi connectivity index (χ1) is 16.0. The maximum Gasteiger partial charge on any atom is 0.246 e. The number of thiazole rings is 1. The molecule has 0 radical (unpaired) electrons. The van der Waals surface area contributed by atoms with Crippen molar-refractivity contribution in [2.75, 3.05) is 18.2 Å². The van der Waals surface area contributed by atoms with Crippen LogP contribution in [0.1, 0.15) is 25.1 Å². The van der Waals surface area contributed by atoms with Gasteiger partial charge in [-0.25, -0.2) is 9.37 Å². The Bertz CT molecular complexity index is 1210. The summed E-state index contributed by atoms with van der Waals surface area (Å²) in [6.07, 6.45) is 3.03. The van der Waals surface area contributed by atoms with Crippen LogP contribution in [0.15, 0.2) is 53.9 Å². The molecule has 33 heavy (non-hydrogen) atoms. The summed E-state index contributed by atoms with van der Waals surface area (Å²) in [4.78, 5) is 32.2. The van der Waals surface area contributed by atoms with E-state index in [-0.39, 0.29) is 24.3 Å². The SMILES string of the molecule is CCN(Cc1ccc2c(c1)OCO2)C(=O)/C=C/c1csc(N(C(C)=O)c2ccccc2F)n1. The molecule has 1 aromatic heterocycles. The van der Waals surface area contributed by atoms with Crippen LogP contribution in [-0.4, -0.2) is 35.0 Å². The molecule has 2 aromatic carbocycles. The number of rotatable bonds is 7. The number of hydrogen-bond donors (Lipinski definition) is 0. The zero-order valence-electron chi connectivity index (χ0n) is 18.2. The van der Waals surface area contributed by atoms with E-state index in [1.807, 2.05) is 25.1 Å². The highest BCUT2D eigenvalue weighted by Crippen LogP contribution is 2.33. The number of fused-ring (bicyclic) bond motifs is 1. The highest BCUT2D eigenvalue weighted by Gasteiger charge is 2.21. The van der Waals surface area contributed by atoms with E-state index in [2.05, 4.69) is 4.98 Å². The quantitative estimate of drug-likeness (QED) is 0.469. The lowest BCUT2D eigenvalue weighted by Crippen LogP contribution is -2.28. The van der Waals surface area contributed by atoms with Crippen molar-refractivity contribution in [3.8, 4) is 11.5 Å². The molecule has 0 spiro atoms. The smallest absolute Gasteiger partial charge is 0.246 e. The van der Waals surface area contributed by atoms with Crippen molar-refractivity contribution in [1.29, 1.82) is 0 Å². The molecule has 7 nitrogen and oxygen atoms in total. The molecule has 4 rings (SSSR count). The summed E-state index contributed by atoms with van der Waals surface area (Å²) < 4.78 is 25.0. The summed E-state index contributed by atoms with van der Waals surface area (Å²) in [5.74, 6) is 0.315. The van der Waals surface area contributed by atoms with Gasteiger partial charge in [-0.2, -0.15) is 0 Å². The van der Waals surface area contributed by atoms with Crippen LogP contribution in [0.4, 0.5) is 15.2 Å². The van der Waals surface area contributed by atoms with Crippen molar-refractivity contribution in [3.63, 3.8) is 0 Å².